The van der Waals surface area contributed by atoms with E-state index in [9.17, 15) is 4.79 Å². The first-order valence-corrected chi connectivity index (χ1v) is 11.4. The molecular weight excluding hydrogens is 422 g/mol. The van der Waals surface area contributed by atoms with Gasteiger partial charge in [-0.1, -0.05) is 11.2 Å². The van der Waals surface area contributed by atoms with E-state index in [1.54, 1.807) is 6.20 Å². The van der Waals surface area contributed by atoms with Gasteiger partial charge in [0, 0.05) is 31.6 Å². The van der Waals surface area contributed by atoms with Gasteiger partial charge in [0.05, 0.1) is 36.1 Å². The number of aryl methyl sites for hydroxylation is 1. The molecule has 10 heteroatoms. The number of benzene rings is 1. The Labute approximate surface area is 189 Å². The normalized spacial score (nSPS) is 16.7. The van der Waals surface area contributed by atoms with Gasteiger partial charge in [0.15, 0.2) is 11.5 Å². The molecule has 4 aromatic rings. The van der Waals surface area contributed by atoms with Crippen LogP contribution in [0.5, 0.6) is 0 Å². The van der Waals surface area contributed by atoms with Crippen LogP contribution in [-0.4, -0.2) is 62.4 Å². The highest BCUT2D eigenvalue weighted by Crippen LogP contribution is 2.28. The molecule has 170 valence electrons. The monoisotopic (exact) mass is 447 g/mol. The number of amides is 1. The van der Waals surface area contributed by atoms with Gasteiger partial charge >= 0.3 is 0 Å². The lowest BCUT2D eigenvalue weighted by Gasteiger charge is -2.26. The molecule has 0 saturated carbocycles. The van der Waals surface area contributed by atoms with E-state index in [4.69, 9.17) is 14.2 Å². The van der Waals surface area contributed by atoms with Crippen molar-refractivity contribution in [1.29, 1.82) is 0 Å². The van der Waals surface area contributed by atoms with Crippen molar-refractivity contribution in [3.8, 4) is 11.5 Å². The molecule has 10 nitrogen and oxygen atoms in total. The molecule has 33 heavy (non-hydrogen) atoms. The molecule has 1 aliphatic heterocycles. The van der Waals surface area contributed by atoms with Crippen molar-refractivity contribution >= 4 is 22.6 Å². The molecule has 0 spiro atoms. The van der Waals surface area contributed by atoms with Crippen LogP contribution in [0.1, 0.15) is 40.2 Å². The van der Waals surface area contributed by atoms with Gasteiger partial charge < -0.3 is 19.6 Å². The average molecular weight is 447 g/mol. The number of aromatic nitrogens is 5. The molecule has 1 fully saturated rings. The Hall–Kier alpha value is -3.50. The second-order valence-electron chi connectivity index (χ2n) is 8.58. The van der Waals surface area contributed by atoms with E-state index in [2.05, 4.69) is 42.7 Å². The number of hydrogen-bond donors (Lipinski definition) is 3. The summed E-state index contributed by atoms with van der Waals surface area (Å²) < 4.78 is 10.8. The Bertz CT molecular complexity index is 1300. The smallest absolute Gasteiger partial charge is 0.278 e. The molecule has 3 aromatic heterocycles. The molecule has 6 rings (SSSR count). The van der Waals surface area contributed by atoms with E-state index in [1.807, 2.05) is 6.07 Å². The van der Waals surface area contributed by atoms with Crippen LogP contribution in [0.4, 0.5) is 5.69 Å². The summed E-state index contributed by atoms with van der Waals surface area (Å²) in [6, 6.07) is 6.24. The Morgan fingerprint density at radius 1 is 1.18 bits per heavy atom. The van der Waals surface area contributed by atoms with Crippen molar-refractivity contribution in [2.45, 2.75) is 32.2 Å². The Balaban J connectivity index is 1.23. The van der Waals surface area contributed by atoms with Crippen LogP contribution >= 0.6 is 0 Å². The number of nitrogens with zero attached hydrogens (tertiary/aromatic N) is 4. The van der Waals surface area contributed by atoms with Crippen LogP contribution < -0.4 is 5.32 Å². The predicted molar refractivity (Wildman–Crippen MR) is 121 cm³/mol. The van der Waals surface area contributed by atoms with Crippen LogP contribution in [0, 0.1) is 0 Å². The van der Waals surface area contributed by atoms with Crippen molar-refractivity contribution in [2.75, 3.05) is 31.6 Å². The number of morpholine rings is 1. The second-order valence-corrected chi connectivity index (χ2v) is 8.58. The van der Waals surface area contributed by atoms with Crippen LogP contribution in [0.15, 0.2) is 28.9 Å². The van der Waals surface area contributed by atoms with E-state index in [0.717, 1.165) is 80.9 Å². The summed E-state index contributed by atoms with van der Waals surface area (Å²) in [5, 5.41) is 14.0. The zero-order valence-corrected chi connectivity index (χ0v) is 18.2. The van der Waals surface area contributed by atoms with Crippen molar-refractivity contribution in [3.05, 3.63) is 47.0 Å². The molecule has 1 aromatic carbocycles. The van der Waals surface area contributed by atoms with E-state index in [0.29, 0.717) is 22.9 Å². The number of anilines is 1. The maximum Gasteiger partial charge on any atom is 0.278 e. The lowest BCUT2D eigenvalue weighted by atomic mass is 9.96. The van der Waals surface area contributed by atoms with Crippen molar-refractivity contribution in [2.24, 2.45) is 0 Å². The number of carbonyl (C=O) groups excluding carboxylic acids is 1. The van der Waals surface area contributed by atoms with Crippen molar-refractivity contribution < 1.29 is 14.1 Å². The highest BCUT2D eigenvalue weighted by molar-refractivity contribution is 6.05. The summed E-state index contributed by atoms with van der Waals surface area (Å²) in [6.45, 7) is 4.32. The van der Waals surface area contributed by atoms with Crippen molar-refractivity contribution in [1.82, 2.24) is 30.2 Å². The molecule has 3 N–H and O–H groups in total. The molecule has 0 bridgehead atoms. The van der Waals surface area contributed by atoms with Gasteiger partial charge in [-0.05, 0) is 37.0 Å². The molecular formula is C23H25N7O3. The maximum absolute atomic E-state index is 12.9. The van der Waals surface area contributed by atoms with E-state index in [-0.39, 0.29) is 5.91 Å². The summed E-state index contributed by atoms with van der Waals surface area (Å²) in [4.78, 5) is 23.4. The van der Waals surface area contributed by atoms with Crippen LogP contribution in [0.3, 0.4) is 0 Å². The molecule has 0 unspecified atom stereocenters. The third-order valence-corrected chi connectivity index (χ3v) is 6.35. The molecule has 1 aliphatic carbocycles. The summed E-state index contributed by atoms with van der Waals surface area (Å²) in [6.07, 6.45) is 5.33. The average Bonchev–Trinajstić information content (AvgIpc) is 3.57. The minimum absolute atomic E-state index is 0.298. The van der Waals surface area contributed by atoms with Gasteiger partial charge in [0.2, 0.25) is 0 Å². The fraction of sp³-hybridized carbons (Fsp3) is 0.391. The number of ether oxygens (including phenoxy) is 1. The quantitative estimate of drug-likeness (QED) is 0.430. The number of H-pyrrole nitrogens is 2. The number of rotatable bonds is 5. The Morgan fingerprint density at radius 3 is 2.97 bits per heavy atom. The Kier molecular flexibility index (Phi) is 5.16. The first-order valence-electron chi connectivity index (χ1n) is 11.4. The first-order chi connectivity index (χ1) is 16.2. The zero-order chi connectivity index (χ0) is 22.2. The first kappa shape index (κ1) is 20.1. The topological polar surface area (TPSA) is 125 Å². The van der Waals surface area contributed by atoms with Crippen LogP contribution in [-0.2, 0) is 24.1 Å². The third kappa shape index (κ3) is 3.91. The van der Waals surface area contributed by atoms with E-state index in [1.165, 1.54) is 5.56 Å². The largest absolute Gasteiger partial charge is 0.379 e. The number of carbonyl (C=O) groups is 1. The molecule has 0 atom stereocenters. The number of imidazole rings is 1. The maximum atomic E-state index is 12.9. The summed E-state index contributed by atoms with van der Waals surface area (Å²) in [5.74, 6) is 1.14. The zero-order valence-electron chi connectivity index (χ0n) is 18.2. The van der Waals surface area contributed by atoms with Gasteiger partial charge in [-0.25, -0.2) is 4.98 Å². The molecule has 1 amide bonds. The van der Waals surface area contributed by atoms with Crippen LogP contribution in [0.2, 0.25) is 0 Å². The van der Waals surface area contributed by atoms with Gasteiger partial charge in [-0.15, -0.1) is 0 Å². The summed E-state index contributed by atoms with van der Waals surface area (Å²) >= 11 is 0. The van der Waals surface area contributed by atoms with E-state index >= 15 is 0 Å². The lowest BCUT2D eigenvalue weighted by Crippen LogP contribution is -2.35. The number of hydrogen-bond acceptors (Lipinski definition) is 7. The standard InChI is InChI=1S/C23H25N7O3/c31-23(20-15-3-1-2-4-19(15)33-29-20)27-18-12-24-28-21(18)22-25-16-6-5-14(11-17(16)26-22)13-30-7-9-32-10-8-30/h5-6,11-12H,1-4,7-10,13H2,(H,24,28)(H,25,26)(H,27,31). The van der Waals surface area contributed by atoms with Gasteiger partial charge in [-0.3, -0.25) is 14.8 Å². The fourth-order valence-electron chi connectivity index (χ4n) is 4.60. The van der Waals surface area contributed by atoms with E-state index < -0.39 is 0 Å². The summed E-state index contributed by atoms with van der Waals surface area (Å²) in [7, 11) is 0. The molecule has 0 radical (unpaired) electrons. The highest BCUT2D eigenvalue weighted by atomic mass is 16.5. The van der Waals surface area contributed by atoms with Crippen LogP contribution in [0.25, 0.3) is 22.6 Å². The van der Waals surface area contributed by atoms with Gasteiger partial charge in [-0.2, -0.15) is 5.10 Å². The number of nitrogens with one attached hydrogen (secondary N) is 3. The fourth-order valence-corrected chi connectivity index (χ4v) is 4.60. The molecule has 4 heterocycles. The Morgan fingerprint density at radius 2 is 2.06 bits per heavy atom. The van der Waals surface area contributed by atoms with Gasteiger partial charge in [0.1, 0.15) is 11.5 Å². The minimum Gasteiger partial charge on any atom is -0.379 e. The molecule has 2 aliphatic rings. The number of fused-ring (bicyclic) bond motifs is 2. The lowest BCUT2D eigenvalue weighted by molar-refractivity contribution is 0.0342. The SMILES string of the molecule is O=C(Nc1cn[nH]c1-c1nc2ccc(CN3CCOCC3)cc2[nH]1)c1noc2c1CCCC2. The third-order valence-electron chi connectivity index (χ3n) is 6.35. The summed E-state index contributed by atoms with van der Waals surface area (Å²) in [5.41, 5.74) is 5.44. The number of aromatic amines is 2. The highest BCUT2D eigenvalue weighted by Gasteiger charge is 2.25. The van der Waals surface area contributed by atoms with Gasteiger partial charge in [0.25, 0.3) is 5.91 Å². The second kappa shape index (κ2) is 8.45. The molecule has 1 saturated heterocycles. The predicted octanol–water partition coefficient (Wildman–Crippen LogP) is 2.90. The minimum atomic E-state index is -0.298. The van der Waals surface area contributed by atoms with Crippen molar-refractivity contribution in [3.63, 3.8) is 0 Å².